The van der Waals surface area contributed by atoms with Gasteiger partial charge in [-0.2, -0.15) is 0 Å². The number of hydrogen-bond donors (Lipinski definition) is 0. The van der Waals surface area contributed by atoms with E-state index < -0.39 is 0 Å². The van der Waals surface area contributed by atoms with Crippen molar-refractivity contribution >= 4 is 0 Å². The van der Waals surface area contributed by atoms with Gasteiger partial charge in [0.2, 0.25) is 0 Å². The van der Waals surface area contributed by atoms with Gasteiger partial charge in [-0.05, 0) is 37.9 Å². The SMILES string of the molecule is CCN1CCC(C)(C)CC1.O. The van der Waals surface area contributed by atoms with Crippen molar-refractivity contribution < 1.29 is 5.48 Å². The number of nitrogens with zero attached hydrogens (tertiary/aromatic N) is 1. The van der Waals surface area contributed by atoms with E-state index in [1.807, 2.05) is 0 Å². The Balaban J connectivity index is 0.000001000. The second-order valence-corrected chi connectivity index (χ2v) is 4.10. The molecular weight excluding hydrogens is 138 g/mol. The molecule has 0 saturated carbocycles. The quantitative estimate of drug-likeness (QED) is 0.568. The Morgan fingerprint density at radius 2 is 1.64 bits per heavy atom. The van der Waals surface area contributed by atoms with Crippen LogP contribution in [0, 0.1) is 5.41 Å². The van der Waals surface area contributed by atoms with Crippen LogP contribution in [0.3, 0.4) is 0 Å². The van der Waals surface area contributed by atoms with Gasteiger partial charge in [-0.15, -0.1) is 0 Å². The summed E-state index contributed by atoms with van der Waals surface area (Å²) in [5.74, 6) is 0. The molecule has 1 rings (SSSR count). The van der Waals surface area contributed by atoms with Crippen LogP contribution in [0.2, 0.25) is 0 Å². The highest BCUT2D eigenvalue weighted by atomic mass is 16.0. The van der Waals surface area contributed by atoms with Crippen LogP contribution in [0.4, 0.5) is 0 Å². The van der Waals surface area contributed by atoms with Crippen molar-refractivity contribution in [3.63, 3.8) is 0 Å². The molecule has 0 aromatic carbocycles. The zero-order valence-electron chi connectivity index (χ0n) is 7.98. The maximum Gasteiger partial charge on any atom is -0.00138 e. The molecule has 68 valence electrons. The molecule has 1 aliphatic rings. The fourth-order valence-electron chi connectivity index (χ4n) is 1.47. The lowest BCUT2D eigenvalue weighted by Crippen LogP contribution is -2.36. The third-order valence-corrected chi connectivity index (χ3v) is 2.66. The third kappa shape index (κ3) is 3.21. The summed E-state index contributed by atoms with van der Waals surface area (Å²) in [4.78, 5) is 2.53. The summed E-state index contributed by atoms with van der Waals surface area (Å²) >= 11 is 0. The summed E-state index contributed by atoms with van der Waals surface area (Å²) in [5.41, 5.74) is 0.617. The lowest BCUT2D eigenvalue weighted by Gasteiger charge is -2.36. The Kier molecular flexibility index (Phi) is 4.04. The molecule has 0 radical (unpaired) electrons. The molecule has 0 bridgehead atoms. The van der Waals surface area contributed by atoms with Crippen LogP contribution in [0.1, 0.15) is 33.6 Å². The van der Waals surface area contributed by atoms with E-state index in [1.54, 1.807) is 0 Å². The molecular formula is C9H21NO. The maximum atomic E-state index is 2.53. The molecule has 1 saturated heterocycles. The van der Waals surface area contributed by atoms with E-state index in [0.29, 0.717) is 5.41 Å². The van der Waals surface area contributed by atoms with Gasteiger partial charge in [-0.3, -0.25) is 0 Å². The molecule has 2 N–H and O–H groups in total. The van der Waals surface area contributed by atoms with Gasteiger partial charge in [0.25, 0.3) is 0 Å². The van der Waals surface area contributed by atoms with Crippen LogP contribution in [0.25, 0.3) is 0 Å². The fraction of sp³-hybridized carbons (Fsp3) is 1.00. The van der Waals surface area contributed by atoms with Gasteiger partial charge >= 0.3 is 0 Å². The van der Waals surface area contributed by atoms with Crippen LogP contribution in [-0.2, 0) is 0 Å². The van der Waals surface area contributed by atoms with Crippen LogP contribution < -0.4 is 0 Å². The van der Waals surface area contributed by atoms with Crippen molar-refractivity contribution in [2.45, 2.75) is 33.6 Å². The minimum absolute atomic E-state index is 0. The van der Waals surface area contributed by atoms with E-state index in [2.05, 4.69) is 25.7 Å². The molecule has 2 heteroatoms. The predicted molar refractivity (Wildman–Crippen MR) is 48.7 cm³/mol. The predicted octanol–water partition coefficient (Wildman–Crippen LogP) is 1.30. The first-order chi connectivity index (χ1) is 4.64. The molecule has 1 aliphatic heterocycles. The number of hydrogen-bond acceptors (Lipinski definition) is 1. The number of rotatable bonds is 1. The second kappa shape index (κ2) is 4.07. The molecule has 0 aromatic rings. The molecule has 0 atom stereocenters. The molecule has 1 fully saturated rings. The zero-order valence-corrected chi connectivity index (χ0v) is 7.98. The van der Waals surface area contributed by atoms with Gasteiger partial charge in [0.15, 0.2) is 0 Å². The van der Waals surface area contributed by atoms with Crippen LogP contribution in [0.5, 0.6) is 0 Å². The van der Waals surface area contributed by atoms with Gasteiger partial charge in [-0.25, -0.2) is 0 Å². The molecule has 2 nitrogen and oxygen atoms in total. The first-order valence-corrected chi connectivity index (χ1v) is 4.36. The van der Waals surface area contributed by atoms with E-state index in [0.717, 1.165) is 0 Å². The summed E-state index contributed by atoms with van der Waals surface area (Å²) in [5, 5.41) is 0. The Morgan fingerprint density at radius 1 is 1.18 bits per heavy atom. The van der Waals surface area contributed by atoms with Crippen molar-refractivity contribution in [1.82, 2.24) is 4.90 Å². The van der Waals surface area contributed by atoms with E-state index in [1.165, 1.54) is 32.5 Å². The van der Waals surface area contributed by atoms with Gasteiger partial charge in [0.1, 0.15) is 0 Å². The first kappa shape index (κ1) is 10.9. The minimum atomic E-state index is 0. The first-order valence-electron chi connectivity index (χ1n) is 4.36. The lowest BCUT2D eigenvalue weighted by atomic mass is 9.83. The number of piperidine rings is 1. The Morgan fingerprint density at radius 3 is 2.00 bits per heavy atom. The summed E-state index contributed by atoms with van der Waals surface area (Å²) in [6, 6.07) is 0. The van der Waals surface area contributed by atoms with E-state index in [4.69, 9.17) is 0 Å². The average Bonchev–Trinajstić information content (AvgIpc) is 1.88. The fourth-order valence-corrected chi connectivity index (χ4v) is 1.47. The Hall–Kier alpha value is -0.0800. The number of likely N-dealkylation sites (tertiary alicyclic amines) is 1. The molecule has 0 aliphatic carbocycles. The topological polar surface area (TPSA) is 34.7 Å². The Bertz CT molecular complexity index is 102. The summed E-state index contributed by atoms with van der Waals surface area (Å²) < 4.78 is 0. The molecule has 1 heterocycles. The van der Waals surface area contributed by atoms with Gasteiger partial charge in [0.05, 0.1) is 0 Å². The van der Waals surface area contributed by atoms with Crippen molar-refractivity contribution in [3.05, 3.63) is 0 Å². The van der Waals surface area contributed by atoms with Crippen LogP contribution in [-0.4, -0.2) is 30.0 Å². The van der Waals surface area contributed by atoms with Crippen molar-refractivity contribution in [3.8, 4) is 0 Å². The molecule has 0 spiro atoms. The highest BCUT2D eigenvalue weighted by Crippen LogP contribution is 2.29. The summed E-state index contributed by atoms with van der Waals surface area (Å²) in [7, 11) is 0. The Labute approximate surface area is 69.9 Å². The normalized spacial score (nSPS) is 24.3. The van der Waals surface area contributed by atoms with E-state index in [-0.39, 0.29) is 5.48 Å². The van der Waals surface area contributed by atoms with Crippen LogP contribution in [0.15, 0.2) is 0 Å². The zero-order chi connectivity index (χ0) is 7.61. The minimum Gasteiger partial charge on any atom is -0.412 e. The molecule has 0 amide bonds. The van der Waals surface area contributed by atoms with Crippen molar-refractivity contribution in [1.29, 1.82) is 0 Å². The monoisotopic (exact) mass is 159 g/mol. The van der Waals surface area contributed by atoms with Gasteiger partial charge in [-0.1, -0.05) is 20.8 Å². The van der Waals surface area contributed by atoms with Crippen LogP contribution >= 0.6 is 0 Å². The highest BCUT2D eigenvalue weighted by molar-refractivity contribution is 4.77. The maximum absolute atomic E-state index is 2.53. The third-order valence-electron chi connectivity index (χ3n) is 2.66. The smallest absolute Gasteiger partial charge is 0.00138 e. The molecule has 0 unspecified atom stereocenters. The van der Waals surface area contributed by atoms with E-state index >= 15 is 0 Å². The average molecular weight is 159 g/mol. The van der Waals surface area contributed by atoms with E-state index in [9.17, 15) is 0 Å². The van der Waals surface area contributed by atoms with Gasteiger partial charge < -0.3 is 10.4 Å². The standard InChI is InChI=1S/C9H19N.H2O/c1-4-10-7-5-9(2,3)6-8-10;/h4-8H2,1-3H3;1H2. The summed E-state index contributed by atoms with van der Waals surface area (Å²) in [6.07, 6.45) is 2.75. The summed E-state index contributed by atoms with van der Waals surface area (Å²) in [6.45, 7) is 10.8. The van der Waals surface area contributed by atoms with Gasteiger partial charge in [0, 0.05) is 0 Å². The largest absolute Gasteiger partial charge is 0.412 e. The van der Waals surface area contributed by atoms with Crippen molar-refractivity contribution in [2.75, 3.05) is 19.6 Å². The molecule has 0 aromatic heterocycles. The lowest BCUT2D eigenvalue weighted by molar-refractivity contribution is 0.138. The highest BCUT2D eigenvalue weighted by Gasteiger charge is 2.23. The van der Waals surface area contributed by atoms with Crippen molar-refractivity contribution in [2.24, 2.45) is 5.41 Å². The molecule has 11 heavy (non-hydrogen) atoms. The second-order valence-electron chi connectivity index (χ2n) is 4.10.